The van der Waals surface area contributed by atoms with Crippen molar-refractivity contribution in [2.75, 3.05) is 0 Å². The summed E-state index contributed by atoms with van der Waals surface area (Å²) in [5, 5.41) is 14.3. The minimum Gasteiger partial charge on any atom is -0.309 e. The molecule has 1 N–H and O–H groups in total. The number of hydrogen-bond donors (Lipinski definition) is 1. The molecule has 1 fully saturated rings. The number of nitro groups is 1. The van der Waals surface area contributed by atoms with Gasteiger partial charge in [-0.25, -0.2) is 0 Å². The summed E-state index contributed by atoms with van der Waals surface area (Å²) in [6, 6.07) is 3.94. The lowest BCUT2D eigenvalue weighted by Crippen LogP contribution is -2.31. The molecule has 1 heterocycles. The Kier molecular flexibility index (Phi) is 4.12. The van der Waals surface area contributed by atoms with E-state index in [0.717, 1.165) is 17.3 Å². The highest BCUT2D eigenvalue weighted by molar-refractivity contribution is 7.15. The van der Waals surface area contributed by atoms with Gasteiger partial charge in [0.15, 0.2) is 0 Å². The van der Waals surface area contributed by atoms with Crippen molar-refractivity contribution in [3.05, 3.63) is 27.1 Å². The summed E-state index contributed by atoms with van der Waals surface area (Å²) in [7, 11) is 0. The molecule has 1 unspecified atom stereocenters. The molecular formula is C12H18N2O2S. The molecule has 1 saturated carbocycles. The van der Waals surface area contributed by atoms with Crippen LogP contribution in [-0.2, 0) is 6.54 Å². The molecule has 1 aliphatic carbocycles. The van der Waals surface area contributed by atoms with Gasteiger partial charge in [-0.3, -0.25) is 10.1 Å². The Morgan fingerprint density at radius 1 is 1.53 bits per heavy atom. The second-order valence-electron chi connectivity index (χ2n) is 4.71. The number of nitrogens with zero attached hydrogens (tertiary/aromatic N) is 1. The molecule has 0 spiro atoms. The molecule has 0 aliphatic heterocycles. The Labute approximate surface area is 105 Å². The summed E-state index contributed by atoms with van der Waals surface area (Å²) < 4.78 is 0. The first-order chi connectivity index (χ1) is 8.16. The van der Waals surface area contributed by atoms with Crippen LogP contribution < -0.4 is 5.32 Å². The smallest absolute Gasteiger partial charge is 0.309 e. The van der Waals surface area contributed by atoms with E-state index in [1.165, 1.54) is 37.0 Å². The van der Waals surface area contributed by atoms with Crippen molar-refractivity contribution in [3.63, 3.8) is 0 Å². The average Bonchev–Trinajstić information content (AvgIpc) is 2.97. The zero-order chi connectivity index (χ0) is 12.3. The Balaban J connectivity index is 1.82. The van der Waals surface area contributed by atoms with Crippen LogP contribution in [0, 0.1) is 16.0 Å². The highest BCUT2D eigenvalue weighted by Crippen LogP contribution is 2.28. The van der Waals surface area contributed by atoms with Crippen molar-refractivity contribution in [1.82, 2.24) is 5.32 Å². The normalized spacial score (nSPS) is 18.4. The van der Waals surface area contributed by atoms with E-state index in [1.807, 2.05) is 6.07 Å². The zero-order valence-corrected chi connectivity index (χ0v) is 10.8. The van der Waals surface area contributed by atoms with Crippen molar-refractivity contribution >= 4 is 16.3 Å². The summed E-state index contributed by atoms with van der Waals surface area (Å²) in [5.41, 5.74) is 0. The van der Waals surface area contributed by atoms with E-state index in [1.54, 1.807) is 6.07 Å². The van der Waals surface area contributed by atoms with E-state index in [2.05, 4.69) is 12.2 Å². The monoisotopic (exact) mass is 254 g/mol. The zero-order valence-electron chi connectivity index (χ0n) is 10.0. The summed E-state index contributed by atoms with van der Waals surface area (Å²) in [4.78, 5) is 11.3. The van der Waals surface area contributed by atoms with Gasteiger partial charge in [0, 0.05) is 23.5 Å². The number of rotatable bonds is 5. The van der Waals surface area contributed by atoms with Gasteiger partial charge in [-0.2, -0.15) is 0 Å². The van der Waals surface area contributed by atoms with Gasteiger partial charge < -0.3 is 5.32 Å². The Morgan fingerprint density at radius 3 is 2.82 bits per heavy atom. The predicted molar refractivity (Wildman–Crippen MR) is 69.2 cm³/mol. The van der Waals surface area contributed by atoms with Gasteiger partial charge in [-0.1, -0.05) is 24.2 Å². The van der Waals surface area contributed by atoms with Gasteiger partial charge in [0.2, 0.25) is 0 Å². The van der Waals surface area contributed by atoms with E-state index in [9.17, 15) is 10.1 Å². The number of thiophene rings is 1. The SMILES string of the molecule is CC(NCc1ccc([N+](=O)[O-])s1)C1CCCC1. The quantitative estimate of drug-likeness (QED) is 0.647. The summed E-state index contributed by atoms with van der Waals surface area (Å²) in [6.07, 6.45) is 5.33. The fourth-order valence-corrected chi connectivity index (χ4v) is 3.22. The van der Waals surface area contributed by atoms with E-state index >= 15 is 0 Å². The topological polar surface area (TPSA) is 55.2 Å². The van der Waals surface area contributed by atoms with Crippen LogP contribution in [0.1, 0.15) is 37.5 Å². The maximum atomic E-state index is 10.6. The average molecular weight is 254 g/mol. The highest BCUT2D eigenvalue weighted by Gasteiger charge is 2.21. The highest BCUT2D eigenvalue weighted by atomic mass is 32.1. The second kappa shape index (κ2) is 5.60. The lowest BCUT2D eigenvalue weighted by atomic mass is 10.00. The lowest BCUT2D eigenvalue weighted by Gasteiger charge is -2.19. The van der Waals surface area contributed by atoms with E-state index in [-0.39, 0.29) is 9.92 Å². The third kappa shape index (κ3) is 3.26. The van der Waals surface area contributed by atoms with Crippen LogP contribution in [0.5, 0.6) is 0 Å². The van der Waals surface area contributed by atoms with Crippen molar-refractivity contribution in [3.8, 4) is 0 Å². The molecule has 1 aromatic heterocycles. The molecule has 0 radical (unpaired) electrons. The first-order valence-corrected chi connectivity index (χ1v) is 6.95. The van der Waals surface area contributed by atoms with E-state index in [0.29, 0.717) is 6.04 Å². The van der Waals surface area contributed by atoms with Crippen LogP contribution >= 0.6 is 11.3 Å². The molecule has 5 heteroatoms. The van der Waals surface area contributed by atoms with Crippen molar-refractivity contribution in [2.24, 2.45) is 5.92 Å². The summed E-state index contributed by atoms with van der Waals surface area (Å²) >= 11 is 1.26. The maximum Gasteiger partial charge on any atom is 0.324 e. The van der Waals surface area contributed by atoms with E-state index < -0.39 is 0 Å². The van der Waals surface area contributed by atoms with Crippen LogP contribution in [-0.4, -0.2) is 11.0 Å². The van der Waals surface area contributed by atoms with Crippen LogP contribution in [0.15, 0.2) is 12.1 Å². The molecule has 0 bridgehead atoms. The Morgan fingerprint density at radius 2 is 2.24 bits per heavy atom. The molecule has 0 amide bonds. The van der Waals surface area contributed by atoms with Gasteiger partial charge in [-0.15, -0.1) is 0 Å². The Bertz CT molecular complexity index is 386. The van der Waals surface area contributed by atoms with Gasteiger partial charge in [0.25, 0.3) is 0 Å². The molecule has 1 aliphatic rings. The fraction of sp³-hybridized carbons (Fsp3) is 0.667. The van der Waals surface area contributed by atoms with Crippen molar-refractivity contribution < 1.29 is 4.92 Å². The number of hydrogen-bond acceptors (Lipinski definition) is 4. The van der Waals surface area contributed by atoms with Gasteiger partial charge in [0.05, 0.1) is 4.92 Å². The van der Waals surface area contributed by atoms with Crippen molar-refractivity contribution in [1.29, 1.82) is 0 Å². The van der Waals surface area contributed by atoms with Crippen LogP contribution in [0.4, 0.5) is 5.00 Å². The van der Waals surface area contributed by atoms with Gasteiger partial charge in [0.1, 0.15) is 0 Å². The fourth-order valence-electron chi connectivity index (χ4n) is 2.45. The van der Waals surface area contributed by atoms with E-state index in [4.69, 9.17) is 0 Å². The molecule has 17 heavy (non-hydrogen) atoms. The standard InChI is InChI=1S/C12H18N2O2S/c1-9(10-4-2-3-5-10)13-8-11-6-7-12(17-11)14(15)16/h6-7,9-10,13H,2-5,8H2,1H3. The van der Waals surface area contributed by atoms with Crippen LogP contribution in [0.3, 0.4) is 0 Å². The van der Waals surface area contributed by atoms with Crippen LogP contribution in [0.25, 0.3) is 0 Å². The van der Waals surface area contributed by atoms with Gasteiger partial charge in [-0.05, 0) is 31.7 Å². The summed E-state index contributed by atoms with van der Waals surface area (Å²) in [5.74, 6) is 0.782. The molecule has 1 aromatic rings. The lowest BCUT2D eigenvalue weighted by molar-refractivity contribution is -0.380. The molecule has 2 rings (SSSR count). The molecule has 0 saturated heterocycles. The first kappa shape index (κ1) is 12.5. The third-order valence-electron chi connectivity index (χ3n) is 3.53. The molecular weight excluding hydrogens is 236 g/mol. The van der Waals surface area contributed by atoms with Gasteiger partial charge >= 0.3 is 5.00 Å². The third-order valence-corrected chi connectivity index (χ3v) is 4.57. The van der Waals surface area contributed by atoms with Crippen LogP contribution in [0.2, 0.25) is 0 Å². The maximum absolute atomic E-state index is 10.6. The number of nitrogens with one attached hydrogen (secondary N) is 1. The molecule has 94 valence electrons. The molecule has 0 aromatic carbocycles. The molecule has 1 atom stereocenters. The largest absolute Gasteiger partial charge is 0.324 e. The minimum atomic E-state index is -0.325. The second-order valence-corrected chi connectivity index (χ2v) is 5.86. The first-order valence-electron chi connectivity index (χ1n) is 6.13. The predicted octanol–water partition coefficient (Wildman–Crippen LogP) is 3.32. The summed E-state index contributed by atoms with van der Waals surface area (Å²) in [6.45, 7) is 2.97. The Hall–Kier alpha value is -0.940. The minimum absolute atomic E-state index is 0.232. The molecule has 4 nitrogen and oxygen atoms in total. The van der Waals surface area contributed by atoms with Crippen molar-refractivity contribution in [2.45, 2.75) is 45.2 Å².